The summed E-state index contributed by atoms with van der Waals surface area (Å²) < 4.78 is 0. The van der Waals surface area contributed by atoms with Gasteiger partial charge in [0.1, 0.15) is 0 Å². The zero-order valence-corrected chi connectivity index (χ0v) is 8.61. The molecule has 0 saturated carbocycles. The average Bonchev–Trinajstić information content (AvgIpc) is 2.61. The molecule has 0 bridgehead atoms. The molecular weight excluding hydrogens is 172 g/mol. The molecule has 2 heteroatoms. The van der Waals surface area contributed by atoms with Gasteiger partial charge in [-0.1, -0.05) is 0 Å². The lowest BCUT2D eigenvalue weighted by Crippen LogP contribution is -2.25. The largest absolute Gasteiger partial charge is 0.299 e. The maximum Gasteiger partial charge on any atom is 0.0377 e. The summed E-state index contributed by atoms with van der Waals surface area (Å²) in [6.07, 6.45) is 7.96. The molecule has 14 heavy (non-hydrogen) atoms. The van der Waals surface area contributed by atoms with Gasteiger partial charge in [-0.05, 0) is 56.0 Å². The van der Waals surface area contributed by atoms with Crippen LogP contribution in [0.2, 0.25) is 0 Å². The summed E-state index contributed by atoms with van der Waals surface area (Å²) in [5.74, 6) is 0.898. The van der Waals surface area contributed by atoms with Crippen molar-refractivity contribution in [2.24, 2.45) is 5.92 Å². The number of pyridine rings is 1. The lowest BCUT2D eigenvalue weighted by atomic mass is 9.81. The minimum atomic E-state index is 0.682. The van der Waals surface area contributed by atoms with Gasteiger partial charge >= 0.3 is 0 Å². The smallest absolute Gasteiger partial charge is 0.0377 e. The molecule has 1 fully saturated rings. The number of hydrogen-bond acceptors (Lipinski definition) is 2. The van der Waals surface area contributed by atoms with Crippen LogP contribution in [-0.2, 0) is 6.42 Å². The number of fused-ring (bicyclic) bond motifs is 3. The Labute approximate surface area is 85.0 Å². The molecule has 2 nitrogen and oxygen atoms in total. The molecule has 0 radical (unpaired) electrons. The lowest BCUT2D eigenvalue weighted by molar-refractivity contribution is 0.257. The highest BCUT2D eigenvalue weighted by atomic mass is 15.2. The molecule has 1 saturated heterocycles. The Morgan fingerprint density at radius 3 is 3.29 bits per heavy atom. The first kappa shape index (κ1) is 8.42. The molecule has 3 rings (SSSR count). The number of nitrogens with zero attached hydrogens (tertiary/aromatic N) is 2. The molecule has 1 aromatic heterocycles. The van der Waals surface area contributed by atoms with Crippen LogP contribution in [-0.4, -0.2) is 23.5 Å². The van der Waals surface area contributed by atoms with Gasteiger partial charge in [0.05, 0.1) is 0 Å². The summed E-state index contributed by atoms with van der Waals surface area (Å²) in [6.45, 7) is 1.26. The van der Waals surface area contributed by atoms with Crippen molar-refractivity contribution in [1.82, 2.24) is 9.88 Å². The fraction of sp³-hybridized carbons (Fsp3) is 0.583. The number of hydrogen-bond donors (Lipinski definition) is 0. The second kappa shape index (κ2) is 3.06. The van der Waals surface area contributed by atoms with Crippen LogP contribution >= 0.6 is 0 Å². The third-order valence-corrected chi connectivity index (χ3v) is 3.82. The van der Waals surface area contributed by atoms with Gasteiger partial charge in [0.2, 0.25) is 0 Å². The van der Waals surface area contributed by atoms with Gasteiger partial charge < -0.3 is 0 Å². The van der Waals surface area contributed by atoms with E-state index in [0.29, 0.717) is 6.04 Å². The van der Waals surface area contributed by atoms with Crippen LogP contribution < -0.4 is 0 Å². The third-order valence-electron chi connectivity index (χ3n) is 3.82. The SMILES string of the molecule is CN1CC[C@H]2CCc3cnccc3[C@H]21. The summed E-state index contributed by atoms with van der Waals surface area (Å²) in [6, 6.07) is 2.90. The van der Waals surface area contributed by atoms with Crippen LogP contribution in [0, 0.1) is 5.92 Å². The molecule has 1 aromatic rings. The van der Waals surface area contributed by atoms with Crippen molar-refractivity contribution in [1.29, 1.82) is 0 Å². The quantitative estimate of drug-likeness (QED) is 0.619. The molecule has 2 aliphatic rings. The first-order valence-electron chi connectivity index (χ1n) is 5.49. The van der Waals surface area contributed by atoms with Gasteiger partial charge in [-0.3, -0.25) is 9.88 Å². The van der Waals surface area contributed by atoms with Crippen LogP contribution in [0.3, 0.4) is 0 Å². The Kier molecular flexibility index (Phi) is 1.84. The van der Waals surface area contributed by atoms with Crippen molar-refractivity contribution in [3.05, 3.63) is 29.6 Å². The van der Waals surface area contributed by atoms with E-state index in [9.17, 15) is 0 Å². The van der Waals surface area contributed by atoms with E-state index < -0.39 is 0 Å². The van der Waals surface area contributed by atoms with E-state index in [4.69, 9.17) is 0 Å². The summed E-state index contributed by atoms with van der Waals surface area (Å²) in [5, 5.41) is 0. The molecule has 0 N–H and O–H groups in total. The number of aromatic nitrogens is 1. The zero-order chi connectivity index (χ0) is 9.54. The van der Waals surface area contributed by atoms with E-state index in [1.54, 1.807) is 0 Å². The Morgan fingerprint density at radius 1 is 1.43 bits per heavy atom. The molecule has 2 atom stereocenters. The fourth-order valence-electron chi connectivity index (χ4n) is 3.10. The summed E-state index contributed by atoms with van der Waals surface area (Å²) in [7, 11) is 2.25. The van der Waals surface area contributed by atoms with Gasteiger partial charge in [0, 0.05) is 18.4 Å². The van der Waals surface area contributed by atoms with Gasteiger partial charge in [0.25, 0.3) is 0 Å². The van der Waals surface area contributed by atoms with Gasteiger partial charge in [-0.2, -0.15) is 0 Å². The average molecular weight is 188 g/mol. The molecule has 1 aliphatic carbocycles. The fourth-order valence-corrected chi connectivity index (χ4v) is 3.10. The van der Waals surface area contributed by atoms with E-state index in [1.165, 1.54) is 36.9 Å². The Balaban J connectivity index is 2.07. The molecular formula is C12H16N2. The van der Waals surface area contributed by atoms with Crippen LogP contribution in [0.1, 0.15) is 30.0 Å². The van der Waals surface area contributed by atoms with Crippen LogP contribution in [0.4, 0.5) is 0 Å². The Morgan fingerprint density at radius 2 is 2.36 bits per heavy atom. The summed E-state index contributed by atoms with van der Waals surface area (Å²) in [4.78, 5) is 6.72. The lowest BCUT2D eigenvalue weighted by Gasteiger charge is -2.31. The van der Waals surface area contributed by atoms with Gasteiger partial charge in [-0.25, -0.2) is 0 Å². The van der Waals surface area contributed by atoms with E-state index >= 15 is 0 Å². The highest BCUT2D eigenvalue weighted by Crippen LogP contribution is 2.43. The van der Waals surface area contributed by atoms with Crippen molar-refractivity contribution < 1.29 is 0 Å². The second-order valence-electron chi connectivity index (χ2n) is 4.59. The van der Waals surface area contributed by atoms with Crippen molar-refractivity contribution in [3.63, 3.8) is 0 Å². The van der Waals surface area contributed by atoms with Crippen LogP contribution in [0.5, 0.6) is 0 Å². The van der Waals surface area contributed by atoms with Crippen LogP contribution in [0.15, 0.2) is 18.5 Å². The van der Waals surface area contributed by atoms with E-state index in [1.807, 2.05) is 6.20 Å². The minimum Gasteiger partial charge on any atom is -0.299 e. The molecule has 74 valence electrons. The first-order chi connectivity index (χ1) is 6.86. The number of likely N-dealkylation sites (tertiary alicyclic amines) is 1. The third kappa shape index (κ3) is 1.10. The number of aryl methyl sites for hydroxylation is 1. The van der Waals surface area contributed by atoms with E-state index in [2.05, 4.69) is 29.2 Å². The number of rotatable bonds is 0. The predicted octanol–water partition coefficient (Wildman–Crippen LogP) is 2.02. The molecule has 0 amide bonds. The molecule has 0 spiro atoms. The standard InChI is InChI=1S/C12H16N2/c1-14-7-5-9-2-3-10-8-13-6-4-11(10)12(9)14/h4,6,8-9,12H,2-3,5,7H2,1H3/t9-,12+/m1/s1. The monoisotopic (exact) mass is 188 g/mol. The second-order valence-corrected chi connectivity index (χ2v) is 4.59. The normalized spacial score (nSPS) is 31.2. The minimum absolute atomic E-state index is 0.682. The van der Waals surface area contributed by atoms with Crippen LogP contribution in [0.25, 0.3) is 0 Å². The summed E-state index contributed by atoms with van der Waals surface area (Å²) in [5.41, 5.74) is 3.01. The molecule has 1 aliphatic heterocycles. The Bertz CT molecular complexity index is 348. The molecule has 0 unspecified atom stereocenters. The van der Waals surface area contributed by atoms with Crippen molar-refractivity contribution >= 4 is 0 Å². The Hall–Kier alpha value is -0.890. The zero-order valence-electron chi connectivity index (χ0n) is 8.61. The van der Waals surface area contributed by atoms with Gasteiger partial charge in [-0.15, -0.1) is 0 Å². The molecule has 0 aromatic carbocycles. The topological polar surface area (TPSA) is 16.1 Å². The predicted molar refractivity (Wildman–Crippen MR) is 56.0 cm³/mol. The van der Waals surface area contributed by atoms with Crippen molar-refractivity contribution in [3.8, 4) is 0 Å². The van der Waals surface area contributed by atoms with E-state index in [0.717, 1.165) is 5.92 Å². The van der Waals surface area contributed by atoms with Crippen molar-refractivity contribution in [2.75, 3.05) is 13.6 Å². The first-order valence-corrected chi connectivity index (χ1v) is 5.49. The van der Waals surface area contributed by atoms with Gasteiger partial charge in [0.15, 0.2) is 0 Å². The van der Waals surface area contributed by atoms with E-state index in [-0.39, 0.29) is 0 Å². The maximum atomic E-state index is 4.22. The molecule has 2 heterocycles. The summed E-state index contributed by atoms with van der Waals surface area (Å²) >= 11 is 0. The highest BCUT2D eigenvalue weighted by Gasteiger charge is 2.36. The maximum absolute atomic E-state index is 4.22. The highest BCUT2D eigenvalue weighted by molar-refractivity contribution is 5.31. The van der Waals surface area contributed by atoms with Crippen molar-refractivity contribution in [2.45, 2.75) is 25.3 Å².